The van der Waals surface area contributed by atoms with Gasteiger partial charge in [-0.3, -0.25) is 4.79 Å². The molecule has 0 radical (unpaired) electrons. The number of rotatable bonds is 7. The van der Waals surface area contributed by atoms with E-state index in [0.717, 1.165) is 25.0 Å². The van der Waals surface area contributed by atoms with Gasteiger partial charge in [-0.1, -0.05) is 18.9 Å². The van der Waals surface area contributed by atoms with Crippen LogP contribution in [0, 0.1) is 0 Å². The number of hydrogen-bond donors (Lipinski definition) is 1. The van der Waals surface area contributed by atoms with Gasteiger partial charge in [0, 0.05) is 12.6 Å². The maximum absolute atomic E-state index is 12.3. The molecule has 0 saturated heterocycles. The number of carbonyl (C=O) groups excluding carboxylic acids is 1. The molecule has 1 fully saturated rings. The minimum Gasteiger partial charge on any atom is -0.335 e. The van der Waals surface area contributed by atoms with Crippen LogP contribution in [0.1, 0.15) is 32.1 Å². The Hall–Kier alpha value is -0.480. The average molecular weight is 256 g/mol. The van der Waals surface area contributed by atoms with Crippen LogP contribution in [0.25, 0.3) is 0 Å². The number of carbonyl (C=O) groups is 1. The Balaban J connectivity index is 2.55. The van der Waals surface area contributed by atoms with Crippen molar-refractivity contribution in [3.63, 3.8) is 0 Å². The van der Waals surface area contributed by atoms with Crippen molar-refractivity contribution in [1.82, 2.24) is 4.90 Å². The molecule has 2 N–H and O–H groups in total. The first-order valence-corrected chi connectivity index (χ1v) is 7.76. The fourth-order valence-corrected chi connectivity index (χ4v) is 2.84. The van der Waals surface area contributed by atoms with Gasteiger partial charge >= 0.3 is 0 Å². The Kier molecular flexibility index (Phi) is 6.66. The van der Waals surface area contributed by atoms with Gasteiger partial charge in [-0.2, -0.15) is 11.8 Å². The summed E-state index contributed by atoms with van der Waals surface area (Å²) in [5, 5.41) is 0. The van der Waals surface area contributed by atoms with Crippen molar-refractivity contribution in [3.05, 3.63) is 12.7 Å². The molecule has 17 heavy (non-hydrogen) atoms. The van der Waals surface area contributed by atoms with Crippen LogP contribution in [0.4, 0.5) is 0 Å². The summed E-state index contributed by atoms with van der Waals surface area (Å²) in [6.45, 7) is 4.37. The molecule has 3 nitrogen and oxygen atoms in total. The summed E-state index contributed by atoms with van der Waals surface area (Å²) in [5.41, 5.74) is 5.96. The smallest absolute Gasteiger partial charge is 0.240 e. The van der Waals surface area contributed by atoms with E-state index in [2.05, 4.69) is 6.58 Å². The fraction of sp³-hybridized carbons (Fsp3) is 0.769. The lowest BCUT2D eigenvalue weighted by Gasteiger charge is -2.30. The largest absolute Gasteiger partial charge is 0.335 e. The topological polar surface area (TPSA) is 46.3 Å². The first-order chi connectivity index (χ1) is 8.20. The number of amides is 1. The Labute approximate surface area is 109 Å². The maximum Gasteiger partial charge on any atom is 0.240 e. The third-order valence-corrected chi connectivity index (χ3v) is 3.97. The molecule has 98 valence electrons. The van der Waals surface area contributed by atoms with Gasteiger partial charge < -0.3 is 10.6 Å². The molecule has 1 amide bonds. The lowest BCUT2D eigenvalue weighted by molar-refractivity contribution is -0.134. The quantitative estimate of drug-likeness (QED) is 0.709. The zero-order valence-corrected chi connectivity index (χ0v) is 11.5. The molecule has 0 aromatic rings. The average Bonchev–Trinajstić information content (AvgIpc) is 2.85. The van der Waals surface area contributed by atoms with Crippen LogP contribution in [0.2, 0.25) is 0 Å². The molecular formula is C13H24N2OS. The van der Waals surface area contributed by atoms with E-state index >= 15 is 0 Å². The summed E-state index contributed by atoms with van der Waals surface area (Å²) in [7, 11) is 0. The second kappa shape index (κ2) is 7.77. The minimum absolute atomic E-state index is 0.103. The number of nitrogens with zero attached hydrogens (tertiary/aromatic N) is 1. The van der Waals surface area contributed by atoms with Crippen LogP contribution in [-0.4, -0.2) is 41.4 Å². The molecule has 1 atom stereocenters. The summed E-state index contributed by atoms with van der Waals surface area (Å²) in [4.78, 5) is 14.2. The van der Waals surface area contributed by atoms with Crippen molar-refractivity contribution < 1.29 is 4.79 Å². The van der Waals surface area contributed by atoms with Gasteiger partial charge in [0.1, 0.15) is 0 Å². The number of nitrogens with two attached hydrogens (primary N) is 1. The molecule has 0 aromatic carbocycles. The van der Waals surface area contributed by atoms with Gasteiger partial charge in [0.15, 0.2) is 0 Å². The fourth-order valence-electron chi connectivity index (χ4n) is 2.36. The zero-order chi connectivity index (χ0) is 12.7. The van der Waals surface area contributed by atoms with E-state index in [1.54, 1.807) is 17.8 Å². The van der Waals surface area contributed by atoms with Crippen molar-refractivity contribution in [2.24, 2.45) is 5.73 Å². The molecule has 0 aromatic heterocycles. The normalized spacial score (nSPS) is 18.0. The Morgan fingerprint density at radius 2 is 2.24 bits per heavy atom. The molecule has 1 aliphatic rings. The van der Waals surface area contributed by atoms with Crippen molar-refractivity contribution in [2.45, 2.75) is 44.2 Å². The van der Waals surface area contributed by atoms with Crippen LogP contribution in [0.3, 0.4) is 0 Å². The third-order valence-electron chi connectivity index (χ3n) is 3.32. The minimum atomic E-state index is -0.344. The summed E-state index contributed by atoms with van der Waals surface area (Å²) in [6, 6.07) is 0.0452. The van der Waals surface area contributed by atoms with Gasteiger partial charge in [-0.05, 0) is 31.3 Å². The molecule has 0 spiro atoms. The summed E-state index contributed by atoms with van der Waals surface area (Å²) in [5.74, 6) is 1.05. The third kappa shape index (κ3) is 4.36. The predicted octanol–water partition coefficient (Wildman–Crippen LogP) is 2.02. The second-order valence-electron chi connectivity index (χ2n) is 4.61. The molecule has 1 rings (SSSR count). The monoisotopic (exact) mass is 256 g/mol. The lowest BCUT2D eigenvalue weighted by Crippen LogP contribution is -2.48. The van der Waals surface area contributed by atoms with Crippen LogP contribution in [0.15, 0.2) is 12.7 Å². The highest BCUT2D eigenvalue weighted by Gasteiger charge is 2.28. The number of hydrogen-bond acceptors (Lipinski definition) is 3. The van der Waals surface area contributed by atoms with Crippen molar-refractivity contribution in [2.75, 3.05) is 18.6 Å². The van der Waals surface area contributed by atoms with Crippen LogP contribution >= 0.6 is 11.8 Å². The molecule has 0 heterocycles. The SMILES string of the molecule is C=CCN(C(=O)[C@@H](N)CCSC)C1CCCC1. The van der Waals surface area contributed by atoms with Gasteiger partial charge in [0.2, 0.25) is 5.91 Å². The highest BCUT2D eigenvalue weighted by Crippen LogP contribution is 2.24. The summed E-state index contributed by atoms with van der Waals surface area (Å²) >= 11 is 1.73. The van der Waals surface area contributed by atoms with Crippen LogP contribution in [0.5, 0.6) is 0 Å². The van der Waals surface area contributed by atoms with Crippen LogP contribution in [-0.2, 0) is 4.79 Å². The lowest BCUT2D eigenvalue weighted by atomic mass is 10.1. The van der Waals surface area contributed by atoms with E-state index in [9.17, 15) is 4.79 Å². The van der Waals surface area contributed by atoms with Gasteiger partial charge in [-0.25, -0.2) is 0 Å². The van der Waals surface area contributed by atoms with E-state index in [4.69, 9.17) is 5.73 Å². The molecule has 1 saturated carbocycles. The highest BCUT2D eigenvalue weighted by molar-refractivity contribution is 7.98. The van der Waals surface area contributed by atoms with Gasteiger partial charge in [0.25, 0.3) is 0 Å². The van der Waals surface area contributed by atoms with Gasteiger partial charge in [-0.15, -0.1) is 6.58 Å². The Morgan fingerprint density at radius 1 is 1.59 bits per heavy atom. The van der Waals surface area contributed by atoms with Crippen molar-refractivity contribution >= 4 is 17.7 Å². The standard InChI is InChI=1S/C13H24N2OS/c1-3-9-15(11-6-4-5-7-11)13(16)12(14)8-10-17-2/h3,11-12H,1,4-10,14H2,2H3/t12-/m0/s1. The maximum atomic E-state index is 12.3. The first kappa shape index (κ1) is 14.6. The molecule has 0 unspecified atom stereocenters. The molecule has 0 aliphatic heterocycles. The molecule has 1 aliphatic carbocycles. The predicted molar refractivity (Wildman–Crippen MR) is 75.1 cm³/mol. The van der Waals surface area contributed by atoms with Crippen molar-refractivity contribution in [3.8, 4) is 0 Å². The highest BCUT2D eigenvalue weighted by atomic mass is 32.2. The summed E-state index contributed by atoms with van der Waals surface area (Å²) < 4.78 is 0. The van der Waals surface area contributed by atoms with E-state index in [-0.39, 0.29) is 11.9 Å². The Bertz CT molecular complexity index is 252. The zero-order valence-electron chi connectivity index (χ0n) is 10.7. The Morgan fingerprint density at radius 3 is 2.76 bits per heavy atom. The molecular weight excluding hydrogens is 232 g/mol. The second-order valence-corrected chi connectivity index (χ2v) is 5.59. The number of thioether (sulfide) groups is 1. The van der Waals surface area contributed by atoms with E-state index < -0.39 is 0 Å². The van der Waals surface area contributed by atoms with Crippen molar-refractivity contribution in [1.29, 1.82) is 0 Å². The molecule has 4 heteroatoms. The van der Waals surface area contributed by atoms with Crippen LogP contribution < -0.4 is 5.73 Å². The van der Waals surface area contributed by atoms with E-state index in [1.165, 1.54) is 12.8 Å². The van der Waals surface area contributed by atoms with E-state index in [0.29, 0.717) is 12.6 Å². The first-order valence-electron chi connectivity index (χ1n) is 6.36. The van der Waals surface area contributed by atoms with Gasteiger partial charge in [0.05, 0.1) is 6.04 Å². The van der Waals surface area contributed by atoms with E-state index in [1.807, 2.05) is 11.2 Å². The summed E-state index contributed by atoms with van der Waals surface area (Å²) in [6.07, 6.45) is 9.30. The molecule has 0 bridgehead atoms.